The van der Waals surface area contributed by atoms with Crippen LogP contribution in [0.4, 0.5) is 0 Å². The second-order valence-electron chi connectivity index (χ2n) is 15.0. The zero-order valence-corrected chi connectivity index (χ0v) is 34.0. The van der Waals surface area contributed by atoms with Crippen molar-refractivity contribution in [1.29, 1.82) is 0 Å². The van der Waals surface area contributed by atoms with E-state index >= 15 is 0 Å². The second-order valence-corrected chi connectivity index (χ2v) is 15.0. The fraction of sp³-hybridized carbons (Fsp3) is 0.870. The van der Waals surface area contributed by atoms with Crippen molar-refractivity contribution < 1.29 is 19.1 Å². The molecule has 0 aromatic carbocycles. The zero-order chi connectivity index (χ0) is 36.4. The Morgan fingerprint density at radius 3 is 1.12 bits per heavy atom. The van der Waals surface area contributed by atoms with Gasteiger partial charge in [0.25, 0.3) is 0 Å². The molecular weight excluding hydrogens is 617 g/mol. The van der Waals surface area contributed by atoms with Gasteiger partial charge in [0.05, 0.1) is 0 Å². The van der Waals surface area contributed by atoms with Gasteiger partial charge in [-0.15, -0.1) is 0 Å². The van der Waals surface area contributed by atoms with Crippen molar-refractivity contribution in [3.63, 3.8) is 0 Å². The van der Waals surface area contributed by atoms with Gasteiger partial charge in [0, 0.05) is 12.8 Å². The number of esters is 2. The van der Waals surface area contributed by atoms with Gasteiger partial charge in [0.2, 0.25) is 0 Å². The summed E-state index contributed by atoms with van der Waals surface area (Å²) in [6, 6.07) is 0. The highest BCUT2D eigenvalue weighted by Gasteiger charge is 2.17. The summed E-state index contributed by atoms with van der Waals surface area (Å²) in [7, 11) is 0. The lowest BCUT2D eigenvalue weighted by Crippen LogP contribution is -2.25. The molecule has 0 aliphatic rings. The first-order chi connectivity index (χ1) is 24.6. The zero-order valence-electron chi connectivity index (χ0n) is 34.0. The highest BCUT2D eigenvalue weighted by molar-refractivity contribution is 5.70. The number of carbonyl (C=O) groups excluding carboxylic acids is 2. The molecule has 0 aliphatic heterocycles. The molecule has 0 aliphatic carbocycles. The summed E-state index contributed by atoms with van der Waals surface area (Å²) in [5, 5.41) is 0. The molecule has 0 N–H and O–H groups in total. The van der Waals surface area contributed by atoms with Crippen molar-refractivity contribution in [1.82, 2.24) is 0 Å². The van der Waals surface area contributed by atoms with Crippen LogP contribution >= 0.6 is 0 Å². The SMILES string of the molecule is CCCCCCCC/C=C\CCCCCCCC(=O)OCC(CCCCCCCC)OC(=O)CCCCCCC/C=C\CCCCCCCC. The van der Waals surface area contributed by atoms with Crippen LogP contribution in [-0.2, 0) is 19.1 Å². The minimum atomic E-state index is -0.310. The Kier molecular flexibility index (Phi) is 40.5. The monoisotopic (exact) mass is 703 g/mol. The molecule has 0 aromatic heterocycles. The molecule has 0 spiro atoms. The summed E-state index contributed by atoms with van der Waals surface area (Å²) in [6.07, 6.45) is 50.4. The number of carbonyl (C=O) groups is 2. The van der Waals surface area contributed by atoms with Crippen molar-refractivity contribution in [2.24, 2.45) is 0 Å². The molecule has 0 bridgehead atoms. The van der Waals surface area contributed by atoms with E-state index in [2.05, 4.69) is 45.1 Å². The normalized spacial score (nSPS) is 12.3. The molecule has 0 amide bonds. The molecule has 0 saturated heterocycles. The van der Waals surface area contributed by atoms with Crippen molar-refractivity contribution in [2.75, 3.05) is 6.61 Å². The van der Waals surface area contributed by atoms with Crippen LogP contribution in [0.1, 0.15) is 245 Å². The van der Waals surface area contributed by atoms with Crippen LogP contribution in [0.2, 0.25) is 0 Å². The number of unbranched alkanes of at least 4 members (excludes halogenated alkanes) is 27. The molecule has 0 radical (unpaired) electrons. The maximum atomic E-state index is 12.7. The molecule has 0 rings (SSSR count). The first kappa shape index (κ1) is 48.4. The van der Waals surface area contributed by atoms with Crippen molar-refractivity contribution >= 4 is 11.9 Å². The van der Waals surface area contributed by atoms with Gasteiger partial charge in [-0.1, -0.05) is 180 Å². The van der Waals surface area contributed by atoms with Crippen LogP contribution in [-0.4, -0.2) is 24.6 Å². The lowest BCUT2D eigenvalue weighted by molar-refractivity contribution is -0.159. The average molecular weight is 703 g/mol. The molecule has 1 atom stereocenters. The largest absolute Gasteiger partial charge is 0.462 e. The Bertz CT molecular complexity index is 757. The van der Waals surface area contributed by atoms with Gasteiger partial charge in [-0.3, -0.25) is 9.59 Å². The molecule has 4 nitrogen and oxygen atoms in total. The van der Waals surface area contributed by atoms with Gasteiger partial charge < -0.3 is 9.47 Å². The Balaban J connectivity index is 4.04. The van der Waals surface area contributed by atoms with E-state index in [-0.39, 0.29) is 24.6 Å². The van der Waals surface area contributed by atoms with Crippen molar-refractivity contribution in [2.45, 2.75) is 252 Å². The summed E-state index contributed by atoms with van der Waals surface area (Å²) in [5.74, 6) is -0.282. The van der Waals surface area contributed by atoms with Gasteiger partial charge in [-0.25, -0.2) is 0 Å². The van der Waals surface area contributed by atoms with Crippen LogP contribution in [0, 0.1) is 0 Å². The van der Waals surface area contributed by atoms with Crippen LogP contribution in [0.3, 0.4) is 0 Å². The van der Waals surface area contributed by atoms with Gasteiger partial charge in [0.15, 0.2) is 0 Å². The Labute approximate surface area is 312 Å². The molecule has 4 heteroatoms. The minimum Gasteiger partial charge on any atom is -0.462 e. The number of ether oxygens (including phenoxy) is 2. The summed E-state index contributed by atoms with van der Waals surface area (Å²) < 4.78 is 11.5. The van der Waals surface area contributed by atoms with Crippen LogP contribution in [0.15, 0.2) is 24.3 Å². The third-order valence-corrected chi connectivity index (χ3v) is 9.89. The average Bonchev–Trinajstić information content (AvgIpc) is 3.11. The Morgan fingerprint density at radius 1 is 0.400 bits per heavy atom. The van der Waals surface area contributed by atoms with Gasteiger partial charge >= 0.3 is 11.9 Å². The van der Waals surface area contributed by atoms with Gasteiger partial charge in [0.1, 0.15) is 12.7 Å². The molecule has 0 heterocycles. The van der Waals surface area contributed by atoms with E-state index in [0.29, 0.717) is 12.8 Å². The van der Waals surface area contributed by atoms with Crippen molar-refractivity contribution in [3.05, 3.63) is 24.3 Å². The van der Waals surface area contributed by atoms with E-state index in [9.17, 15) is 9.59 Å². The van der Waals surface area contributed by atoms with E-state index in [1.165, 1.54) is 167 Å². The third kappa shape index (κ3) is 39.2. The number of allylic oxidation sites excluding steroid dienone is 4. The molecule has 0 aromatic rings. The Morgan fingerprint density at radius 2 is 0.720 bits per heavy atom. The van der Waals surface area contributed by atoms with E-state index in [4.69, 9.17) is 9.47 Å². The summed E-state index contributed by atoms with van der Waals surface area (Å²) in [6.45, 7) is 6.98. The highest BCUT2D eigenvalue weighted by atomic mass is 16.6. The van der Waals surface area contributed by atoms with Crippen molar-refractivity contribution in [3.8, 4) is 0 Å². The van der Waals surface area contributed by atoms with Crippen LogP contribution < -0.4 is 0 Å². The lowest BCUT2D eigenvalue weighted by Gasteiger charge is -2.18. The lowest BCUT2D eigenvalue weighted by atomic mass is 10.1. The van der Waals surface area contributed by atoms with E-state index in [1.807, 2.05) is 0 Å². The standard InChI is InChI=1S/C46H86O4/c1-4-7-10-13-16-18-20-22-24-26-28-30-32-35-38-41-45(47)49-43-44(40-37-34-15-12-9-6-3)50-46(48)42-39-36-33-31-29-27-25-23-21-19-17-14-11-8-5-2/h22-25,44H,4-21,26-43H2,1-3H3/b24-22-,25-23-. The maximum absolute atomic E-state index is 12.7. The van der Waals surface area contributed by atoms with Crippen LogP contribution in [0.25, 0.3) is 0 Å². The first-order valence-corrected chi connectivity index (χ1v) is 22.3. The van der Waals surface area contributed by atoms with E-state index in [1.54, 1.807) is 0 Å². The maximum Gasteiger partial charge on any atom is 0.306 e. The third-order valence-electron chi connectivity index (χ3n) is 9.89. The van der Waals surface area contributed by atoms with E-state index < -0.39 is 0 Å². The second kappa shape index (κ2) is 41.8. The van der Waals surface area contributed by atoms with Gasteiger partial charge in [-0.05, 0) is 77.0 Å². The fourth-order valence-corrected chi connectivity index (χ4v) is 6.51. The molecule has 0 saturated carbocycles. The van der Waals surface area contributed by atoms with Gasteiger partial charge in [-0.2, -0.15) is 0 Å². The highest BCUT2D eigenvalue weighted by Crippen LogP contribution is 2.15. The van der Waals surface area contributed by atoms with E-state index in [0.717, 1.165) is 44.9 Å². The summed E-state index contributed by atoms with van der Waals surface area (Å²) >= 11 is 0. The number of hydrogen-bond donors (Lipinski definition) is 0. The molecule has 0 fully saturated rings. The quantitative estimate of drug-likeness (QED) is 0.0362. The minimum absolute atomic E-state index is 0.132. The predicted octanol–water partition coefficient (Wildman–Crippen LogP) is 15.3. The fourth-order valence-electron chi connectivity index (χ4n) is 6.51. The number of hydrogen-bond acceptors (Lipinski definition) is 4. The summed E-state index contributed by atoms with van der Waals surface area (Å²) in [4.78, 5) is 25.1. The smallest absolute Gasteiger partial charge is 0.306 e. The Hall–Kier alpha value is -1.58. The molecular formula is C46H86O4. The molecule has 1 unspecified atom stereocenters. The first-order valence-electron chi connectivity index (χ1n) is 22.3. The predicted molar refractivity (Wildman–Crippen MR) is 218 cm³/mol. The number of rotatable bonds is 40. The molecule has 294 valence electrons. The summed E-state index contributed by atoms with van der Waals surface area (Å²) in [5.41, 5.74) is 0. The van der Waals surface area contributed by atoms with Crippen LogP contribution in [0.5, 0.6) is 0 Å². The topological polar surface area (TPSA) is 52.6 Å². The molecule has 50 heavy (non-hydrogen) atoms.